The molecule has 1 fully saturated rings. The summed E-state index contributed by atoms with van der Waals surface area (Å²) in [4.78, 5) is 14.8. The molecule has 0 aliphatic carbocycles. The van der Waals surface area contributed by atoms with Crippen LogP contribution in [-0.4, -0.2) is 34.1 Å². The van der Waals surface area contributed by atoms with E-state index in [4.69, 9.17) is 8.83 Å². The fraction of sp³-hybridized carbons (Fsp3) is 0.632. The van der Waals surface area contributed by atoms with Crippen molar-refractivity contribution in [2.45, 2.75) is 59.0 Å². The van der Waals surface area contributed by atoms with Crippen LogP contribution in [-0.2, 0) is 6.54 Å². The minimum absolute atomic E-state index is 0.157. The average Bonchev–Trinajstić information content (AvgIpc) is 3.26. The largest absolute Gasteiger partial charge is 0.455 e. The summed E-state index contributed by atoms with van der Waals surface area (Å²) in [6, 6.07) is 3.22. The lowest BCUT2D eigenvalue weighted by molar-refractivity contribution is 0.0900. The van der Waals surface area contributed by atoms with Crippen molar-refractivity contribution < 1.29 is 13.6 Å². The van der Waals surface area contributed by atoms with Gasteiger partial charge in [-0.15, -0.1) is 10.2 Å². The molecular weight excluding hydrogens is 332 g/mol. The van der Waals surface area contributed by atoms with E-state index >= 15 is 0 Å². The Morgan fingerprint density at radius 1 is 1.19 bits per heavy atom. The molecule has 0 saturated carbocycles. The Kier molecular flexibility index (Phi) is 5.76. The van der Waals surface area contributed by atoms with Crippen LogP contribution in [0.3, 0.4) is 0 Å². The number of aromatic nitrogens is 2. The standard InChI is InChI=1S/C19H28N4O3/c1-12(2)18-21-22-19(26-18)14(4)20-17(24)16-6-5-15(25-16)11-23-9-7-13(3)8-10-23/h5-6,12-14H,7-11H2,1-4H3,(H,20,24)/t14-/m1/s1. The first-order chi connectivity index (χ1) is 12.4. The number of amides is 1. The molecule has 0 bridgehead atoms. The van der Waals surface area contributed by atoms with Gasteiger partial charge in [0.15, 0.2) is 5.76 Å². The Morgan fingerprint density at radius 2 is 1.88 bits per heavy atom. The molecule has 7 nitrogen and oxygen atoms in total. The lowest BCUT2D eigenvalue weighted by atomic mass is 9.99. The normalized spacial score (nSPS) is 17.6. The predicted octanol–water partition coefficient (Wildman–Crippen LogP) is 3.51. The van der Waals surface area contributed by atoms with Crippen molar-refractivity contribution in [2.24, 2.45) is 5.92 Å². The molecule has 3 heterocycles. The van der Waals surface area contributed by atoms with Crippen LogP contribution in [0.15, 0.2) is 21.0 Å². The maximum absolute atomic E-state index is 12.4. The zero-order chi connectivity index (χ0) is 18.7. The number of carbonyl (C=O) groups excluding carboxylic acids is 1. The molecule has 1 aliphatic rings. The van der Waals surface area contributed by atoms with Gasteiger partial charge in [0.05, 0.1) is 6.54 Å². The SMILES string of the molecule is CC1CCN(Cc2ccc(C(=O)N[C@H](C)c3nnc(C(C)C)o3)o2)CC1. The van der Waals surface area contributed by atoms with Crippen molar-refractivity contribution in [3.05, 3.63) is 35.4 Å². The number of furan rings is 1. The number of carbonyl (C=O) groups is 1. The van der Waals surface area contributed by atoms with Crippen molar-refractivity contribution in [3.63, 3.8) is 0 Å². The Labute approximate surface area is 154 Å². The molecule has 26 heavy (non-hydrogen) atoms. The van der Waals surface area contributed by atoms with E-state index in [-0.39, 0.29) is 17.9 Å². The monoisotopic (exact) mass is 360 g/mol. The summed E-state index contributed by atoms with van der Waals surface area (Å²) in [6.07, 6.45) is 2.43. The first-order valence-corrected chi connectivity index (χ1v) is 9.37. The van der Waals surface area contributed by atoms with Crippen molar-refractivity contribution in [1.82, 2.24) is 20.4 Å². The summed E-state index contributed by atoms with van der Waals surface area (Å²) in [5, 5.41) is 10.8. The van der Waals surface area contributed by atoms with Gasteiger partial charge in [0.25, 0.3) is 5.91 Å². The van der Waals surface area contributed by atoms with Gasteiger partial charge in [0.1, 0.15) is 11.8 Å². The second kappa shape index (κ2) is 8.03. The zero-order valence-electron chi connectivity index (χ0n) is 16.0. The van der Waals surface area contributed by atoms with E-state index in [1.165, 1.54) is 12.8 Å². The Hall–Kier alpha value is -2.15. The highest BCUT2D eigenvalue weighted by Crippen LogP contribution is 2.20. The molecule has 1 aliphatic heterocycles. The number of nitrogens with one attached hydrogen (secondary N) is 1. The van der Waals surface area contributed by atoms with E-state index < -0.39 is 0 Å². The van der Waals surface area contributed by atoms with Gasteiger partial charge >= 0.3 is 0 Å². The molecule has 1 atom stereocenters. The minimum atomic E-state index is -0.375. The van der Waals surface area contributed by atoms with E-state index in [1.54, 1.807) is 6.07 Å². The van der Waals surface area contributed by atoms with Crippen molar-refractivity contribution in [1.29, 1.82) is 0 Å². The molecule has 1 saturated heterocycles. The lowest BCUT2D eigenvalue weighted by Gasteiger charge is -2.29. The molecule has 1 N–H and O–H groups in total. The molecule has 0 aromatic carbocycles. The van der Waals surface area contributed by atoms with Crippen molar-refractivity contribution in [2.75, 3.05) is 13.1 Å². The van der Waals surface area contributed by atoms with E-state index in [0.29, 0.717) is 17.5 Å². The number of nitrogens with zero attached hydrogens (tertiary/aromatic N) is 3. The van der Waals surface area contributed by atoms with Crippen LogP contribution >= 0.6 is 0 Å². The zero-order valence-corrected chi connectivity index (χ0v) is 16.0. The first kappa shape index (κ1) is 18.6. The van der Waals surface area contributed by atoms with E-state index in [9.17, 15) is 4.79 Å². The Balaban J connectivity index is 1.55. The van der Waals surface area contributed by atoms with Gasteiger partial charge < -0.3 is 14.2 Å². The van der Waals surface area contributed by atoms with Crippen LogP contribution < -0.4 is 5.32 Å². The van der Waals surface area contributed by atoms with Crippen LogP contribution in [0.4, 0.5) is 0 Å². The maximum atomic E-state index is 12.4. The number of rotatable bonds is 6. The minimum Gasteiger partial charge on any atom is -0.455 e. The molecular formula is C19H28N4O3. The molecule has 1 amide bonds. The summed E-state index contributed by atoms with van der Waals surface area (Å²) in [7, 11) is 0. The average molecular weight is 360 g/mol. The Bertz CT molecular complexity index is 729. The number of hydrogen-bond acceptors (Lipinski definition) is 6. The van der Waals surface area contributed by atoms with Gasteiger partial charge in [0, 0.05) is 5.92 Å². The molecule has 7 heteroatoms. The molecule has 0 spiro atoms. The third-order valence-corrected chi connectivity index (χ3v) is 4.81. The summed E-state index contributed by atoms with van der Waals surface area (Å²) < 4.78 is 11.3. The van der Waals surface area contributed by atoms with E-state index in [0.717, 1.165) is 31.3 Å². The predicted molar refractivity (Wildman–Crippen MR) is 96.7 cm³/mol. The fourth-order valence-corrected chi connectivity index (χ4v) is 3.01. The quantitative estimate of drug-likeness (QED) is 0.848. The first-order valence-electron chi connectivity index (χ1n) is 9.37. The lowest BCUT2D eigenvalue weighted by Crippen LogP contribution is -2.32. The molecule has 142 valence electrons. The van der Waals surface area contributed by atoms with Gasteiger partial charge in [-0.05, 0) is 50.9 Å². The summed E-state index contributed by atoms with van der Waals surface area (Å²) in [5.74, 6) is 2.77. The van der Waals surface area contributed by atoms with Gasteiger partial charge in [-0.25, -0.2) is 0 Å². The molecule has 0 radical (unpaired) electrons. The maximum Gasteiger partial charge on any atom is 0.287 e. The highest BCUT2D eigenvalue weighted by Gasteiger charge is 2.21. The highest BCUT2D eigenvalue weighted by atomic mass is 16.4. The molecule has 3 rings (SSSR count). The fourth-order valence-electron chi connectivity index (χ4n) is 3.01. The van der Waals surface area contributed by atoms with Gasteiger partial charge in [0.2, 0.25) is 11.8 Å². The third kappa shape index (κ3) is 4.52. The van der Waals surface area contributed by atoms with Crippen molar-refractivity contribution in [3.8, 4) is 0 Å². The number of piperidine rings is 1. The van der Waals surface area contributed by atoms with Crippen LogP contribution in [0.1, 0.15) is 80.6 Å². The molecule has 2 aromatic heterocycles. The van der Waals surface area contributed by atoms with Crippen LogP contribution in [0.2, 0.25) is 0 Å². The number of hydrogen-bond donors (Lipinski definition) is 1. The van der Waals surface area contributed by atoms with Crippen molar-refractivity contribution >= 4 is 5.91 Å². The van der Waals surface area contributed by atoms with Gasteiger partial charge in [-0.3, -0.25) is 9.69 Å². The Morgan fingerprint density at radius 3 is 2.54 bits per heavy atom. The second-order valence-corrected chi connectivity index (χ2v) is 7.55. The molecule has 2 aromatic rings. The summed E-state index contributed by atoms with van der Waals surface area (Å²) in [6.45, 7) is 11.0. The van der Waals surface area contributed by atoms with E-state index in [1.807, 2.05) is 26.8 Å². The smallest absolute Gasteiger partial charge is 0.287 e. The van der Waals surface area contributed by atoms with Gasteiger partial charge in [-0.2, -0.15) is 0 Å². The highest BCUT2D eigenvalue weighted by molar-refractivity contribution is 5.91. The van der Waals surface area contributed by atoms with Crippen LogP contribution in [0, 0.1) is 5.92 Å². The summed E-state index contributed by atoms with van der Waals surface area (Å²) >= 11 is 0. The van der Waals surface area contributed by atoms with Crippen LogP contribution in [0.25, 0.3) is 0 Å². The van der Waals surface area contributed by atoms with Crippen LogP contribution in [0.5, 0.6) is 0 Å². The third-order valence-electron chi connectivity index (χ3n) is 4.81. The summed E-state index contributed by atoms with van der Waals surface area (Å²) in [5.41, 5.74) is 0. The number of likely N-dealkylation sites (tertiary alicyclic amines) is 1. The van der Waals surface area contributed by atoms with E-state index in [2.05, 4.69) is 27.3 Å². The van der Waals surface area contributed by atoms with Gasteiger partial charge in [-0.1, -0.05) is 20.8 Å². The molecule has 0 unspecified atom stereocenters. The topological polar surface area (TPSA) is 84.4 Å². The second-order valence-electron chi connectivity index (χ2n) is 7.55.